The summed E-state index contributed by atoms with van der Waals surface area (Å²) in [6.45, 7) is 5.98. The number of H-pyrrole nitrogens is 1. The van der Waals surface area contributed by atoms with Gasteiger partial charge in [0.15, 0.2) is 0 Å². The second kappa shape index (κ2) is 5.07. The zero-order valence-corrected chi connectivity index (χ0v) is 9.70. The van der Waals surface area contributed by atoms with E-state index >= 15 is 0 Å². The van der Waals surface area contributed by atoms with Gasteiger partial charge in [-0.15, -0.1) is 0 Å². The Hall–Kier alpha value is -1.16. The Bertz CT molecular complexity index is 371. The van der Waals surface area contributed by atoms with Crippen LogP contribution in [0.3, 0.4) is 0 Å². The number of rotatable bonds is 4. The first-order valence-corrected chi connectivity index (χ1v) is 5.16. The summed E-state index contributed by atoms with van der Waals surface area (Å²) in [5, 5.41) is 0. The highest BCUT2D eigenvalue weighted by Gasteiger charge is 2.08. The lowest BCUT2D eigenvalue weighted by atomic mass is 10.1. The van der Waals surface area contributed by atoms with Crippen molar-refractivity contribution in [3.8, 4) is 0 Å². The maximum absolute atomic E-state index is 11.3. The van der Waals surface area contributed by atoms with Crippen molar-refractivity contribution in [1.82, 2.24) is 9.97 Å². The fourth-order valence-electron chi connectivity index (χ4n) is 1.28. The highest BCUT2D eigenvalue weighted by molar-refractivity contribution is 5.07. The summed E-state index contributed by atoms with van der Waals surface area (Å²) in [7, 11) is 1.65. The van der Waals surface area contributed by atoms with Crippen LogP contribution in [0.5, 0.6) is 0 Å². The molecule has 1 atom stereocenters. The maximum Gasteiger partial charge on any atom is 0.251 e. The van der Waals surface area contributed by atoms with Gasteiger partial charge < -0.3 is 9.72 Å². The monoisotopic (exact) mass is 210 g/mol. The minimum Gasteiger partial charge on any atom is -0.381 e. The largest absolute Gasteiger partial charge is 0.381 e. The molecule has 1 rings (SSSR count). The molecule has 0 spiro atoms. The van der Waals surface area contributed by atoms with E-state index in [4.69, 9.17) is 4.74 Å². The Morgan fingerprint density at radius 3 is 2.67 bits per heavy atom. The van der Waals surface area contributed by atoms with Crippen molar-refractivity contribution < 1.29 is 4.74 Å². The van der Waals surface area contributed by atoms with Crippen molar-refractivity contribution in [2.24, 2.45) is 0 Å². The highest BCUT2D eigenvalue weighted by atomic mass is 16.5. The number of aromatic nitrogens is 2. The molecule has 1 heterocycles. The summed E-state index contributed by atoms with van der Waals surface area (Å²) in [4.78, 5) is 18.5. The Morgan fingerprint density at radius 2 is 2.13 bits per heavy atom. The number of hydrogen-bond acceptors (Lipinski definition) is 3. The van der Waals surface area contributed by atoms with Gasteiger partial charge in [-0.2, -0.15) is 0 Å². The molecular formula is C11H18N2O2. The van der Waals surface area contributed by atoms with Crippen LogP contribution in [0.1, 0.15) is 38.2 Å². The summed E-state index contributed by atoms with van der Waals surface area (Å²) in [6.07, 6.45) is 0.697. The molecule has 0 aliphatic heterocycles. The second-order valence-electron chi connectivity index (χ2n) is 4.02. The molecule has 4 heteroatoms. The first kappa shape index (κ1) is 11.9. The van der Waals surface area contributed by atoms with E-state index in [9.17, 15) is 4.79 Å². The maximum atomic E-state index is 11.3. The van der Waals surface area contributed by atoms with Crippen LogP contribution >= 0.6 is 0 Å². The number of nitrogens with zero attached hydrogens (tertiary/aromatic N) is 1. The number of methoxy groups -OCH3 is 1. The third-order valence-corrected chi connectivity index (χ3v) is 2.29. The van der Waals surface area contributed by atoms with E-state index in [0.29, 0.717) is 12.2 Å². The third kappa shape index (κ3) is 3.47. The van der Waals surface area contributed by atoms with Gasteiger partial charge in [-0.25, -0.2) is 4.98 Å². The van der Waals surface area contributed by atoms with Gasteiger partial charge in [-0.3, -0.25) is 4.79 Å². The minimum absolute atomic E-state index is 0.0653. The normalized spacial score (nSPS) is 13.1. The fourth-order valence-corrected chi connectivity index (χ4v) is 1.28. The topological polar surface area (TPSA) is 55.0 Å². The molecule has 1 unspecified atom stereocenters. The second-order valence-corrected chi connectivity index (χ2v) is 4.02. The Morgan fingerprint density at radius 1 is 1.47 bits per heavy atom. The summed E-state index contributed by atoms with van der Waals surface area (Å²) < 4.78 is 5.13. The molecule has 0 saturated heterocycles. The lowest BCUT2D eigenvalue weighted by Gasteiger charge is -2.10. The molecule has 4 nitrogen and oxygen atoms in total. The van der Waals surface area contributed by atoms with Crippen LogP contribution in [0.4, 0.5) is 0 Å². The number of aromatic amines is 1. The van der Waals surface area contributed by atoms with E-state index in [-0.39, 0.29) is 17.6 Å². The van der Waals surface area contributed by atoms with Crippen molar-refractivity contribution in [1.29, 1.82) is 0 Å². The fraction of sp³-hybridized carbons (Fsp3) is 0.636. The summed E-state index contributed by atoms with van der Waals surface area (Å²) in [6, 6.07) is 1.55. The average molecular weight is 210 g/mol. The molecule has 0 amide bonds. The van der Waals surface area contributed by atoms with Gasteiger partial charge in [0.2, 0.25) is 0 Å². The zero-order valence-electron chi connectivity index (χ0n) is 9.70. The van der Waals surface area contributed by atoms with Gasteiger partial charge in [0, 0.05) is 19.6 Å². The molecule has 84 valence electrons. The predicted molar refractivity (Wildman–Crippen MR) is 59.1 cm³/mol. The lowest BCUT2D eigenvalue weighted by molar-refractivity contribution is 0.117. The average Bonchev–Trinajstić information content (AvgIpc) is 2.16. The molecule has 1 aromatic rings. The molecule has 15 heavy (non-hydrogen) atoms. The standard InChI is InChI=1S/C11H18N2O2/c1-7(2)9-6-11(14)13-10(12-9)5-8(3)15-4/h6-8H,5H2,1-4H3,(H,12,13,14). The quantitative estimate of drug-likeness (QED) is 0.818. The molecule has 0 bridgehead atoms. The van der Waals surface area contributed by atoms with Crippen LogP contribution in [-0.2, 0) is 11.2 Å². The molecule has 0 aromatic carbocycles. The molecule has 0 radical (unpaired) electrons. The van der Waals surface area contributed by atoms with Crippen molar-refractivity contribution >= 4 is 0 Å². The van der Waals surface area contributed by atoms with Gasteiger partial charge in [-0.1, -0.05) is 13.8 Å². The lowest BCUT2D eigenvalue weighted by Crippen LogP contribution is -2.18. The zero-order chi connectivity index (χ0) is 11.4. The van der Waals surface area contributed by atoms with E-state index in [1.54, 1.807) is 13.2 Å². The van der Waals surface area contributed by atoms with Crippen LogP contribution in [0.2, 0.25) is 0 Å². The Kier molecular flexibility index (Phi) is 4.03. The van der Waals surface area contributed by atoms with Crippen LogP contribution in [0, 0.1) is 0 Å². The first-order chi connectivity index (χ1) is 7.02. The van der Waals surface area contributed by atoms with Crippen molar-refractivity contribution in [2.75, 3.05) is 7.11 Å². The summed E-state index contributed by atoms with van der Waals surface area (Å²) in [5.41, 5.74) is 0.740. The van der Waals surface area contributed by atoms with E-state index < -0.39 is 0 Å². The molecule has 0 saturated carbocycles. The molecule has 0 aliphatic rings. The van der Waals surface area contributed by atoms with Crippen molar-refractivity contribution in [3.05, 3.63) is 27.9 Å². The van der Waals surface area contributed by atoms with Gasteiger partial charge >= 0.3 is 0 Å². The van der Waals surface area contributed by atoms with E-state index in [1.807, 2.05) is 20.8 Å². The van der Waals surface area contributed by atoms with Gasteiger partial charge in [0.1, 0.15) is 5.82 Å². The van der Waals surface area contributed by atoms with Crippen LogP contribution in [-0.4, -0.2) is 23.2 Å². The van der Waals surface area contributed by atoms with Gasteiger partial charge in [0.25, 0.3) is 5.56 Å². The smallest absolute Gasteiger partial charge is 0.251 e. The first-order valence-electron chi connectivity index (χ1n) is 5.16. The van der Waals surface area contributed by atoms with Gasteiger partial charge in [-0.05, 0) is 12.8 Å². The van der Waals surface area contributed by atoms with Crippen LogP contribution in [0.25, 0.3) is 0 Å². The van der Waals surface area contributed by atoms with Crippen molar-refractivity contribution in [2.45, 2.75) is 39.2 Å². The Labute approximate surface area is 89.7 Å². The summed E-state index contributed by atoms with van der Waals surface area (Å²) in [5.74, 6) is 0.962. The van der Waals surface area contributed by atoms with Crippen molar-refractivity contribution in [3.63, 3.8) is 0 Å². The van der Waals surface area contributed by atoms with Gasteiger partial charge in [0.05, 0.1) is 11.8 Å². The minimum atomic E-state index is -0.0907. The number of hydrogen-bond donors (Lipinski definition) is 1. The number of ether oxygens (including phenoxy) is 1. The molecule has 0 aliphatic carbocycles. The Balaban J connectivity index is 2.94. The molecule has 1 N–H and O–H groups in total. The third-order valence-electron chi connectivity index (χ3n) is 2.29. The molecule has 1 aromatic heterocycles. The number of nitrogens with one attached hydrogen (secondary N) is 1. The van der Waals surface area contributed by atoms with E-state index in [1.165, 1.54) is 0 Å². The molecular weight excluding hydrogens is 192 g/mol. The highest BCUT2D eigenvalue weighted by Crippen LogP contribution is 2.09. The summed E-state index contributed by atoms with van der Waals surface area (Å²) >= 11 is 0. The van der Waals surface area contributed by atoms with Crippen LogP contribution in [0.15, 0.2) is 10.9 Å². The van der Waals surface area contributed by atoms with E-state index in [0.717, 1.165) is 5.69 Å². The predicted octanol–water partition coefficient (Wildman–Crippen LogP) is 1.47. The molecule has 0 fully saturated rings. The van der Waals surface area contributed by atoms with E-state index in [2.05, 4.69) is 9.97 Å². The van der Waals surface area contributed by atoms with Crippen LogP contribution < -0.4 is 5.56 Å². The SMILES string of the molecule is COC(C)Cc1nc(C(C)C)cc(=O)[nH]1.